The summed E-state index contributed by atoms with van der Waals surface area (Å²) >= 11 is 5.96. The summed E-state index contributed by atoms with van der Waals surface area (Å²) in [4.78, 5) is 38.1. The zero-order valence-electron chi connectivity index (χ0n) is 14.5. The molecule has 1 aliphatic heterocycles. The van der Waals surface area contributed by atoms with Crippen LogP contribution in [0.1, 0.15) is 43.5 Å². The number of carbonyl (C=O) groups is 3. The highest BCUT2D eigenvalue weighted by atomic mass is 35.5. The number of carbonyl (C=O) groups excluding carboxylic acids is 3. The van der Waals surface area contributed by atoms with E-state index in [0.29, 0.717) is 11.6 Å². The van der Waals surface area contributed by atoms with E-state index < -0.39 is 17.9 Å². The number of halogens is 1. The smallest absolute Gasteiger partial charge is 0.328 e. The van der Waals surface area contributed by atoms with Gasteiger partial charge in [0, 0.05) is 12.6 Å². The summed E-state index contributed by atoms with van der Waals surface area (Å²) in [5, 5.41) is 2.83. The van der Waals surface area contributed by atoms with Gasteiger partial charge in [0.1, 0.15) is 6.04 Å². The molecule has 0 saturated carbocycles. The average Bonchev–Trinajstić information content (AvgIpc) is 2.60. The lowest BCUT2D eigenvalue weighted by Gasteiger charge is -2.33. The van der Waals surface area contributed by atoms with Gasteiger partial charge in [0.05, 0.1) is 10.6 Å². The molecule has 0 aliphatic carbocycles. The minimum atomic E-state index is -0.879. The summed E-state index contributed by atoms with van der Waals surface area (Å²) in [5.41, 5.74) is 0.280. The molecule has 2 atom stereocenters. The van der Waals surface area contributed by atoms with E-state index in [-0.39, 0.29) is 24.1 Å². The molecule has 2 rings (SSSR count). The van der Waals surface area contributed by atoms with Crippen LogP contribution in [0.3, 0.4) is 0 Å². The molecule has 1 heterocycles. The van der Waals surface area contributed by atoms with Crippen molar-refractivity contribution in [3.63, 3.8) is 0 Å². The Hall–Kier alpha value is -2.08. The highest BCUT2D eigenvalue weighted by Gasteiger charge is 2.25. The predicted molar refractivity (Wildman–Crippen MR) is 94.4 cm³/mol. The van der Waals surface area contributed by atoms with Crippen LogP contribution in [0.4, 0.5) is 0 Å². The van der Waals surface area contributed by atoms with Gasteiger partial charge in [-0.3, -0.25) is 9.59 Å². The second-order valence-corrected chi connectivity index (χ2v) is 6.62. The molecule has 2 amide bonds. The Bertz CT molecular complexity index is 650. The number of amides is 2. The predicted octanol–water partition coefficient (Wildman–Crippen LogP) is 2.40. The van der Waals surface area contributed by atoms with E-state index in [9.17, 15) is 14.4 Å². The Morgan fingerprint density at radius 1 is 1.32 bits per heavy atom. The minimum Gasteiger partial charge on any atom is -0.454 e. The van der Waals surface area contributed by atoms with Crippen LogP contribution in [0.5, 0.6) is 0 Å². The van der Waals surface area contributed by atoms with Gasteiger partial charge in [0.25, 0.3) is 11.8 Å². The first-order valence-electron chi connectivity index (χ1n) is 8.41. The van der Waals surface area contributed by atoms with Crippen molar-refractivity contribution >= 4 is 29.4 Å². The molecule has 136 valence electrons. The normalized spacial score (nSPS) is 18.4. The van der Waals surface area contributed by atoms with Crippen molar-refractivity contribution in [2.45, 2.75) is 45.2 Å². The largest absolute Gasteiger partial charge is 0.454 e. The Labute approximate surface area is 152 Å². The van der Waals surface area contributed by atoms with Gasteiger partial charge in [0.2, 0.25) is 0 Å². The Balaban J connectivity index is 1.83. The molecule has 1 saturated heterocycles. The van der Waals surface area contributed by atoms with E-state index in [0.717, 1.165) is 19.3 Å². The first kappa shape index (κ1) is 19.2. The molecule has 25 heavy (non-hydrogen) atoms. The van der Waals surface area contributed by atoms with Crippen molar-refractivity contribution in [2.24, 2.45) is 0 Å². The lowest BCUT2D eigenvalue weighted by molar-refractivity contribution is -0.154. The van der Waals surface area contributed by atoms with Gasteiger partial charge in [-0.2, -0.15) is 0 Å². The molecule has 0 spiro atoms. The molecule has 1 N–H and O–H groups in total. The number of hydrogen-bond donors (Lipinski definition) is 1. The molecule has 1 fully saturated rings. The summed E-state index contributed by atoms with van der Waals surface area (Å²) < 4.78 is 5.06. The molecule has 2 unspecified atom stereocenters. The number of benzene rings is 1. The van der Waals surface area contributed by atoms with Crippen LogP contribution in [0.15, 0.2) is 24.3 Å². The van der Waals surface area contributed by atoms with E-state index in [1.165, 1.54) is 6.92 Å². The topological polar surface area (TPSA) is 75.7 Å². The molecule has 0 bridgehead atoms. The summed E-state index contributed by atoms with van der Waals surface area (Å²) in [6.07, 6.45) is 3.04. The molecule has 0 aromatic heterocycles. The molecule has 1 aromatic carbocycles. The van der Waals surface area contributed by atoms with Crippen molar-refractivity contribution in [1.82, 2.24) is 10.2 Å². The zero-order chi connectivity index (χ0) is 18.4. The highest BCUT2D eigenvalue weighted by Crippen LogP contribution is 2.17. The van der Waals surface area contributed by atoms with Gasteiger partial charge in [-0.25, -0.2) is 4.79 Å². The van der Waals surface area contributed by atoms with Crippen LogP contribution >= 0.6 is 11.6 Å². The van der Waals surface area contributed by atoms with Gasteiger partial charge < -0.3 is 15.0 Å². The maximum absolute atomic E-state index is 12.2. The van der Waals surface area contributed by atoms with E-state index in [4.69, 9.17) is 16.3 Å². The Kier molecular flexibility index (Phi) is 6.82. The van der Waals surface area contributed by atoms with Crippen molar-refractivity contribution in [3.05, 3.63) is 34.9 Å². The van der Waals surface area contributed by atoms with E-state index in [1.54, 1.807) is 29.2 Å². The number of nitrogens with one attached hydrogen (secondary N) is 1. The summed E-state index contributed by atoms with van der Waals surface area (Å²) in [6.45, 7) is 3.88. The van der Waals surface area contributed by atoms with Crippen molar-refractivity contribution in [3.8, 4) is 0 Å². The van der Waals surface area contributed by atoms with Gasteiger partial charge >= 0.3 is 5.97 Å². The quantitative estimate of drug-likeness (QED) is 0.812. The number of rotatable bonds is 5. The third-order valence-corrected chi connectivity index (χ3v) is 4.61. The lowest BCUT2D eigenvalue weighted by atomic mass is 10.0. The summed E-state index contributed by atoms with van der Waals surface area (Å²) in [5.74, 6) is -1.32. The number of piperidine rings is 1. The van der Waals surface area contributed by atoms with Crippen molar-refractivity contribution in [1.29, 1.82) is 0 Å². The van der Waals surface area contributed by atoms with Crippen molar-refractivity contribution in [2.75, 3.05) is 13.2 Å². The maximum atomic E-state index is 12.2. The lowest BCUT2D eigenvalue weighted by Crippen LogP contribution is -2.45. The first-order chi connectivity index (χ1) is 11.9. The number of ether oxygens (including phenoxy) is 1. The SMILES string of the molecule is CC(NC(=O)c1ccccc1Cl)C(=O)OCC(=O)N1CCCCC1C. The van der Waals surface area contributed by atoms with Crippen LogP contribution in [-0.2, 0) is 14.3 Å². The number of hydrogen-bond acceptors (Lipinski definition) is 4. The molecule has 7 heteroatoms. The number of esters is 1. The van der Waals surface area contributed by atoms with Gasteiger partial charge in [0.15, 0.2) is 6.61 Å². The third-order valence-electron chi connectivity index (χ3n) is 4.28. The van der Waals surface area contributed by atoms with Crippen LogP contribution in [0, 0.1) is 0 Å². The second-order valence-electron chi connectivity index (χ2n) is 6.21. The fourth-order valence-electron chi connectivity index (χ4n) is 2.79. The average molecular weight is 367 g/mol. The fraction of sp³-hybridized carbons (Fsp3) is 0.500. The second kappa shape index (κ2) is 8.85. The van der Waals surface area contributed by atoms with E-state index >= 15 is 0 Å². The maximum Gasteiger partial charge on any atom is 0.328 e. The highest BCUT2D eigenvalue weighted by molar-refractivity contribution is 6.33. The standard InChI is InChI=1S/C18H23ClN2O4/c1-12-7-5-6-10-21(12)16(22)11-25-18(24)13(2)20-17(23)14-8-3-4-9-15(14)19/h3-4,8-9,12-13H,5-7,10-11H2,1-2H3,(H,20,23). The number of nitrogens with zero attached hydrogens (tertiary/aromatic N) is 1. The van der Waals surface area contributed by atoms with Gasteiger partial charge in [-0.05, 0) is 45.2 Å². The molecule has 1 aliphatic rings. The summed E-state index contributed by atoms with van der Waals surface area (Å²) in [7, 11) is 0. The van der Waals surface area contributed by atoms with Crippen molar-refractivity contribution < 1.29 is 19.1 Å². The Morgan fingerprint density at radius 2 is 2.04 bits per heavy atom. The molecular formula is C18H23ClN2O4. The summed E-state index contributed by atoms with van der Waals surface area (Å²) in [6, 6.07) is 5.84. The van der Waals surface area contributed by atoms with Crippen LogP contribution < -0.4 is 5.32 Å². The first-order valence-corrected chi connectivity index (χ1v) is 8.79. The minimum absolute atomic E-state index is 0.164. The zero-order valence-corrected chi connectivity index (χ0v) is 15.2. The number of likely N-dealkylation sites (tertiary alicyclic amines) is 1. The van der Waals surface area contributed by atoms with E-state index in [2.05, 4.69) is 5.32 Å². The fourth-order valence-corrected chi connectivity index (χ4v) is 3.01. The van der Waals surface area contributed by atoms with Gasteiger partial charge in [-0.15, -0.1) is 0 Å². The molecular weight excluding hydrogens is 344 g/mol. The van der Waals surface area contributed by atoms with E-state index in [1.807, 2.05) is 6.92 Å². The van der Waals surface area contributed by atoms with Crippen LogP contribution in [0.2, 0.25) is 5.02 Å². The molecule has 6 nitrogen and oxygen atoms in total. The van der Waals surface area contributed by atoms with Crippen LogP contribution in [-0.4, -0.2) is 47.9 Å². The van der Waals surface area contributed by atoms with Crippen LogP contribution in [0.25, 0.3) is 0 Å². The molecule has 0 radical (unpaired) electrons. The Morgan fingerprint density at radius 3 is 2.72 bits per heavy atom. The molecule has 1 aromatic rings. The monoisotopic (exact) mass is 366 g/mol. The van der Waals surface area contributed by atoms with Gasteiger partial charge in [-0.1, -0.05) is 23.7 Å². The third kappa shape index (κ3) is 5.19.